The minimum atomic E-state index is 0.603. The van der Waals surface area contributed by atoms with Gasteiger partial charge in [-0.1, -0.05) is 0 Å². The average Bonchev–Trinajstić information content (AvgIpc) is 2.49. The van der Waals surface area contributed by atoms with E-state index in [0.717, 1.165) is 37.7 Å². The maximum atomic E-state index is 5.93. The van der Waals surface area contributed by atoms with Gasteiger partial charge in [0.15, 0.2) is 0 Å². The van der Waals surface area contributed by atoms with Crippen LogP contribution in [0, 0.1) is 0 Å². The second-order valence-electron chi connectivity index (χ2n) is 4.54. The third-order valence-electron chi connectivity index (χ3n) is 3.08. The Bertz CT molecular complexity index is 389. The predicted octanol–water partition coefficient (Wildman–Crippen LogP) is 2.55. The van der Waals surface area contributed by atoms with Crippen LogP contribution in [-0.2, 0) is 9.47 Å². The molecule has 0 saturated carbocycles. The van der Waals surface area contributed by atoms with E-state index < -0.39 is 0 Å². The average molecular weight is 296 g/mol. The summed E-state index contributed by atoms with van der Waals surface area (Å²) in [6, 6.07) is 5.88. The third kappa shape index (κ3) is 6.23. The molecule has 5 nitrogen and oxygen atoms in total. The van der Waals surface area contributed by atoms with Crippen molar-refractivity contribution in [2.24, 2.45) is 0 Å². The van der Waals surface area contributed by atoms with Gasteiger partial charge in [-0.05, 0) is 32.9 Å². The first-order chi connectivity index (χ1) is 10.2. The molecule has 0 aliphatic carbocycles. The molecule has 0 aliphatic heterocycles. The highest BCUT2D eigenvalue weighted by molar-refractivity contribution is 5.62. The van der Waals surface area contributed by atoms with Crippen molar-refractivity contribution >= 4 is 11.4 Å². The standard InChI is InChI=1S/C16H28N2O3/c1-4-19-11-9-18(10-12-20-5-2)14-7-8-15(17)16(13-14)21-6-3/h7-8,13H,4-6,9-12,17H2,1-3H3. The number of nitrogens with two attached hydrogens (primary N) is 1. The van der Waals surface area contributed by atoms with Gasteiger partial charge in [0.05, 0.1) is 25.5 Å². The van der Waals surface area contributed by atoms with Crippen LogP contribution in [0.2, 0.25) is 0 Å². The van der Waals surface area contributed by atoms with Gasteiger partial charge in [-0.15, -0.1) is 0 Å². The summed E-state index contributed by atoms with van der Waals surface area (Å²) >= 11 is 0. The fourth-order valence-electron chi connectivity index (χ4n) is 2.01. The molecule has 0 aromatic heterocycles. The summed E-state index contributed by atoms with van der Waals surface area (Å²) < 4.78 is 16.5. The number of nitrogens with zero attached hydrogens (tertiary/aromatic N) is 1. The van der Waals surface area contributed by atoms with Gasteiger partial charge in [-0.2, -0.15) is 0 Å². The van der Waals surface area contributed by atoms with E-state index >= 15 is 0 Å². The number of hydrogen-bond acceptors (Lipinski definition) is 5. The molecule has 120 valence electrons. The smallest absolute Gasteiger partial charge is 0.144 e. The lowest BCUT2D eigenvalue weighted by atomic mass is 10.2. The minimum Gasteiger partial charge on any atom is -0.492 e. The lowest BCUT2D eigenvalue weighted by Gasteiger charge is -2.25. The SMILES string of the molecule is CCOCCN(CCOCC)c1ccc(N)c(OCC)c1. The van der Waals surface area contributed by atoms with Crippen LogP contribution in [-0.4, -0.2) is 46.1 Å². The van der Waals surface area contributed by atoms with Crippen LogP contribution in [0.25, 0.3) is 0 Å². The molecule has 1 rings (SSSR count). The van der Waals surface area contributed by atoms with Gasteiger partial charge >= 0.3 is 0 Å². The zero-order valence-corrected chi connectivity index (χ0v) is 13.4. The molecule has 0 radical (unpaired) electrons. The summed E-state index contributed by atoms with van der Waals surface area (Å²) in [5, 5.41) is 0. The number of anilines is 2. The van der Waals surface area contributed by atoms with Gasteiger partial charge in [-0.25, -0.2) is 0 Å². The van der Waals surface area contributed by atoms with E-state index in [1.807, 2.05) is 39.0 Å². The third-order valence-corrected chi connectivity index (χ3v) is 3.08. The van der Waals surface area contributed by atoms with E-state index in [2.05, 4.69) is 4.90 Å². The summed E-state index contributed by atoms with van der Waals surface area (Å²) in [6.07, 6.45) is 0. The van der Waals surface area contributed by atoms with E-state index in [9.17, 15) is 0 Å². The Labute approximate surface area is 128 Å². The lowest BCUT2D eigenvalue weighted by Crippen LogP contribution is -2.31. The van der Waals surface area contributed by atoms with Gasteiger partial charge in [-0.3, -0.25) is 0 Å². The number of rotatable bonds is 11. The Morgan fingerprint density at radius 2 is 1.57 bits per heavy atom. The first-order valence-electron chi connectivity index (χ1n) is 7.65. The van der Waals surface area contributed by atoms with Crippen molar-refractivity contribution in [3.8, 4) is 5.75 Å². The molecule has 0 heterocycles. The van der Waals surface area contributed by atoms with Gasteiger partial charge in [0.2, 0.25) is 0 Å². The van der Waals surface area contributed by atoms with Crippen molar-refractivity contribution in [3.05, 3.63) is 18.2 Å². The van der Waals surface area contributed by atoms with E-state index in [4.69, 9.17) is 19.9 Å². The summed E-state index contributed by atoms with van der Waals surface area (Å²) in [5.41, 5.74) is 7.66. The molecule has 0 saturated heterocycles. The van der Waals surface area contributed by atoms with E-state index in [1.54, 1.807) is 0 Å². The molecule has 0 atom stereocenters. The van der Waals surface area contributed by atoms with Crippen molar-refractivity contribution in [2.45, 2.75) is 20.8 Å². The number of benzene rings is 1. The van der Waals surface area contributed by atoms with Gasteiger partial charge < -0.3 is 24.8 Å². The molecular weight excluding hydrogens is 268 g/mol. The maximum absolute atomic E-state index is 5.93. The largest absolute Gasteiger partial charge is 0.492 e. The zero-order chi connectivity index (χ0) is 15.5. The topological polar surface area (TPSA) is 57.0 Å². The van der Waals surface area contributed by atoms with Gasteiger partial charge in [0.25, 0.3) is 0 Å². The maximum Gasteiger partial charge on any atom is 0.144 e. The van der Waals surface area contributed by atoms with Crippen molar-refractivity contribution < 1.29 is 14.2 Å². The van der Waals surface area contributed by atoms with E-state index in [0.29, 0.717) is 25.5 Å². The predicted molar refractivity (Wildman–Crippen MR) is 87.2 cm³/mol. The normalized spacial score (nSPS) is 10.6. The van der Waals surface area contributed by atoms with Crippen LogP contribution >= 0.6 is 0 Å². The van der Waals surface area contributed by atoms with Crippen LogP contribution in [0.15, 0.2) is 18.2 Å². The number of ether oxygens (including phenoxy) is 3. The van der Waals surface area contributed by atoms with Crippen molar-refractivity contribution in [2.75, 3.05) is 56.8 Å². The summed E-state index contributed by atoms with van der Waals surface area (Å²) in [5.74, 6) is 0.729. The molecule has 0 amide bonds. The van der Waals surface area contributed by atoms with Crippen molar-refractivity contribution in [3.63, 3.8) is 0 Å². The van der Waals surface area contributed by atoms with Gasteiger partial charge in [0, 0.05) is 38.1 Å². The molecule has 0 fully saturated rings. The molecule has 0 bridgehead atoms. The first kappa shape index (κ1) is 17.6. The van der Waals surface area contributed by atoms with Crippen molar-refractivity contribution in [1.82, 2.24) is 0 Å². The van der Waals surface area contributed by atoms with Crippen LogP contribution in [0.4, 0.5) is 11.4 Å². The molecule has 5 heteroatoms. The Balaban J connectivity index is 2.76. The summed E-state index contributed by atoms with van der Waals surface area (Å²) in [7, 11) is 0. The molecule has 0 spiro atoms. The Hall–Kier alpha value is -1.46. The minimum absolute atomic E-state index is 0.603. The fourth-order valence-corrected chi connectivity index (χ4v) is 2.01. The quantitative estimate of drug-likeness (QED) is 0.502. The van der Waals surface area contributed by atoms with Crippen LogP contribution in [0.3, 0.4) is 0 Å². The first-order valence-corrected chi connectivity index (χ1v) is 7.65. The molecule has 1 aromatic carbocycles. The monoisotopic (exact) mass is 296 g/mol. The summed E-state index contributed by atoms with van der Waals surface area (Å²) in [4.78, 5) is 2.23. The Kier molecular flexibility index (Phi) is 8.62. The summed E-state index contributed by atoms with van der Waals surface area (Å²) in [6.45, 7) is 11.0. The van der Waals surface area contributed by atoms with Crippen LogP contribution < -0.4 is 15.4 Å². The molecule has 21 heavy (non-hydrogen) atoms. The second-order valence-corrected chi connectivity index (χ2v) is 4.54. The highest BCUT2D eigenvalue weighted by Crippen LogP contribution is 2.27. The number of nitrogen functional groups attached to an aromatic ring is 1. The second kappa shape index (κ2) is 10.3. The molecule has 0 unspecified atom stereocenters. The lowest BCUT2D eigenvalue weighted by molar-refractivity contribution is 0.141. The Morgan fingerprint density at radius 1 is 0.952 bits per heavy atom. The zero-order valence-electron chi connectivity index (χ0n) is 13.4. The van der Waals surface area contributed by atoms with E-state index in [1.165, 1.54) is 0 Å². The van der Waals surface area contributed by atoms with Crippen molar-refractivity contribution in [1.29, 1.82) is 0 Å². The molecule has 0 aliphatic rings. The van der Waals surface area contributed by atoms with Crippen LogP contribution in [0.1, 0.15) is 20.8 Å². The Morgan fingerprint density at radius 3 is 2.10 bits per heavy atom. The van der Waals surface area contributed by atoms with Gasteiger partial charge in [0.1, 0.15) is 5.75 Å². The highest BCUT2D eigenvalue weighted by atomic mass is 16.5. The fraction of sp³-hybridized carbons (Fsp3) is 0.625. The van der Waals surface area contributed by atoms with E-state index in [-0.39, 0.29) is 0 Å². The van der Waals surface area contributed by atoms with Crippen LogP contribution in [0.5, 0.6) is 5.75 Å². The molecule has 1 aromatic rings. The highest BCUT2D eigenvalue weighted by Gasteiger charge is 2.09. The molecular formula is C16H28N2O3. The molecule has 2 N–H and O–H groups in total. The number of hydrogen-bond donors (Lipinski definition) is 1.